The molecule has 2 heterocycles. The molecule has 4 aromatic carbocycles. The van der Waals surface area contributed by atoms with Gasteiger partial charge in [-0.05, 0) is 47.9 Å². The molecule has 0 bridgehead atoms. The minimum atomic E-state index is -1.51. The molecule has 1 atom stereocenters. The van der Waals surface area contributed by atoms with E-state index in [4.69, 9.17) is 0 Å². The van der Waals surface area contributed by atoms with E-state index in [1.54, 1.807) is 53.4 Å². The smallest absolute Gasteiger partial charge is 0.263 e. The summed E-state index contributed by atoms with van der Waals surface area (Å²) in [6.45, 7) is 0.854. The van der Waals surface area contributed by atoms with Crippen LogP contribution >= 0.6 is 0 Å². The van der Waals surface area contributed by atoms with Crippen LogP contribution in [0.25, 0.3) is 10.9 Å². The Bertz CT molecular complexity index is 1800. The highest BCUT2D eigenvalue weighted by atomic mass is 16.2. The first-order valence-electron chi connectivity index (χ1n) is 14.3. The fourth-order valence-corrected chi connectivity index (χ4v) is 5.87. The summed E-state index contributed by atoms with van der Waals surface area (Å²) in [6, 6.07) is 35.4. The third-order valence-electron chi connectivity index (χ3n) is 7.92. The molecule has 8 nitrogen and oxygen atoms in total. The lowest BCUT2D eigenvalue weighted by Gasteiger charge is -2.35. The average molecular weight is 573 g/mol. The maximum Gasteiger partial charge on any atom is 0.263 e. The molecule has 0 saturated heterocycles. The fraction of sp³-hybridized carbons (Fsp3) is 0.171. The number of benzene rings is 4. The lowest BCUT2D eigenvalue weighted by Crippen LogP contribution is -2.60. The van der Waals surface area contributed by atoms with Gasteiger partial charge >= 0.3 is 0 Å². The second-order valence-electron chi connectivity index (χ2n) is 11.6. The van der Waals surface area contributed by atoms with Crippen LogP contribution in [0.15, 0.2) is 121 Å². The Morgan fingerprint density at radius 1 is 0.721 bits per heavy atom. The van der Waals surface area contributed by atoms with Crippen molar-refractivity contribution in [2.45, 2.75) is 12.2 Å². The zero-order valence-corrected chi connectivity index (χ0v) is 24.2. The van der Waals surface area contributed by atoms with Crippen LogP contribution in [-0.4, -0.2) is 54.1 Å². The molecule has 6 rings (SSSR count). The summed E-state index contributed by atoms with van der Waals surface area (Å²) in [7, 11) is 4.15. The van der Waals surface area contributed by atoms with E-state index < -0.39 is 11.4 Å². The van der Waals surface area contributed by atoms with E-state index in [1.807, 2.05) is 48.5 Å². The zero-order chi connectivity index (χ0) is 30.0. The lowest BCUT2D eigenvalue weighted by molar-refractivity contribution is -0.910. The summed E-state index contributed by atoms with van der Waals surface area (Å²) in [5, 5.41) is 7.14. The van der Waals surface area contributed by atoms with Crippen molar-refractivity contribution in [1.82, 2.24) is 15.2 Å². The molecule has 216 valence electrons. The van der Waals surface area contributed by atoms with Crippen LogP contribution in [0.2, 0.25) is 0 Å². The predicted octanol–water partition coefficient (Wildman–Crippen LogP) is 4.73. The number of carbonyl (C=O) groups is 3. The number of quaternary nitrogens is 1. The standard InChI is InChI=1S/C35H33N5O3/c1-40(2,24-38-22-21-26-13-9-11-19-30(26)38)25-39-31-20-12-10-18-29(31)35(34(39)43,37-33(42)28-16-7-4-8-17-28)23-36-32(41)27-14-5-3-6-15-27/h3-22H,23-25H2,1-2H3,(H-,36,37,41,42)/p+1. The van der Waals surface area contributed by atoms with Gasteiger partial charge in [-0.25, -0.2) is 0 Å². The maximum absolute atomic E-state index is 14.6. The van der Waals surface area contributed by atoms with E-state index in [9.17, 15) is 14.4 Å². The highest BCUT2D eigenvalue weighted by Gasteiger charge is 2.53. The second kappa shape index (κ2) is 11.2. The third-order valence-corrected chi connectivity index (χ3v) is 7.92. The summed E-state index contributed by atoms with van der Waals surface area (Å²) >= 11 is 0. The van der Waals surface area contributed by atoms with Gasteiger partial charge in [0.15, 0.2) is 18.9 Å². The molecular weight excluding hydrogens is 538 g/mol. The third kappa shape index (κ3) is 5.40. The maximum atomic E-state index is 14.6. The number of fused-ring (bicyclic) bond motifs is 2. The first kappa shape index (κ1) is 27.9. The number of aromatic nitrogens is 1. The summed E-state index contributed by atoms with van der Waals surface area (Å²) in [5.74, 6) is -1.02. The molecule has 0 fully saturated rings. The number of anilines is 1. The largest absolute Gasteiger partial charge is 0.349 e. The van der Waals surface area contributed by atoms with Crippen LogP contribution in [-0.2, 0) is 17.0 Å². The van der Waals surface area contributed by atoms with E-state index in [0.717, 1.165) is 10.9 Å². The molecule has 43 heavy (non-hydrogen) atoms. The van der Waals surface area contributed by atoms with Crippen molar-refractivity contribution in [2.24, 2.45) is 0 Å². The molecule has 0 aliphatic carbocycles. The Morgan fingerprint density at radius 3 is 2.05 bits per heavy atom. The molecule has 0 saturated carbocycles. The van der Waals surface area contributed by atoms with Crippen LogP contribution in [0.3, 0.4) is 0 Å². The lowest BCUT2D eigenvalue weighted by atomic mass is 9.90. The van der Waals surface area contributed by atoms with Crippen molar-refractivity contribution in [1.29, 1.82) is 0 Å². The number of para-hydroxylation sites is 2. The Balaban J connectivity index is 1.34. The van der Waals surface area contributed by atoms with Crippen molar-refractivity contribution in [3.63, 3.8) is 0 Å². The highest BCUT2D eigenvalue weighted by molar-refractivity contribution is 6.11. The number of nitrogens with one attached hydrogen (secondary N) is 2. The van der Waals surface area contributed by atoms with Gasteiger partial charge in [0.1, 0.15) is 0 Å². The number of amides is 3. The number of nitrogens with zero attached hydrogens (tertiary/aromatic N) is 3. The summed E-state index contributed by atoms with van der Waals surface area (Å²) in [6.07, 6.45) is 2.06. The van der Waals surface area contributed by atoms with Crippen LogP contribution in [0.5, 0.6) is 0 Å². The van der Waals surface area contributed by atoms with E-state index >= 15 is 0 Å². The average Bonchev–Trinajstić information content (AvgIpc) is 3.53. The number of hydrogen-bond acceptors (Lipinski definition) is 3. The van der Waals surface area contributed by atoms with Gasteiger partial charge in [0.2, 0.25) is 0 Å². The fourth-order valence-electron chi connectivity index (χ4n) is 5.87. The molecule has 1 aliphatic heterocycles. The Kier molecular flexibility index (Phi) is 7.29. The highest BCUT2D eigenvalue weighted by Crippen LogP contribution is 2.41. The van der Waals surface area contributed by atoms with Gasteiger partial charge in [0, 0.05) is 22.9 Å². The molecule has 1 unspecified atom stereocenters. The first-order valence-corrected chi connectivity index (χ1v) is 14.3. The van der Waals surface area contributed by atoms with E-state index in [-0.39, 0.29) is 18.4 Å². The van der Waals surface area contributed by atoms with Crippen molar-refractivity contribution in [3.8, 4) is 0 Å². The SMILES string of the molecule is C[N+](C)(CN1C(=O)C(CNC(=O)c2ccccc2)(NC(=O)c2ccccc2)c2ccccc21)Cn1ccc2ccccc21. The van der Waals surface area contributed by atoms with E-state index in [1.165, 1.54) is 0 Å². The normalized spacial score (nSPS) is 16.2. The van der Waals surface area contributed by atoms with Crippen LogP contribution < -0.4 is 15.5 Å². The molecular formula is C35H34N5O3+. The van der Waals surface area contributed by atoms with E-state index in [0.29, 0.717) is 40.2 Å². The quantitative estimate of drug-likeness (QED) is 0.251. The number of rotatable bonds is 9. The number of hydrogen-bond donors (Lipinski definition) is 2. The van der Waals surface area contributed by atoms with E-state index in [2.05, 4.69) is 53.7 Å². The molecule has 1 aromatic heterocycles. The topological polar surface area (TPSA) is 83.4 Å². The Hall–Kier alpha value is -5.21. The van der Waals surface area contributed by atoms with Crippen molar-refractivity contribution >= 4 is 34.3 Å². The molecule has 0 spiro atoms. The molecule has 3 amide bonds. The van der Waals surface area contributed by atoms with Crippen molar-refractivity contribution in [3.05, 3.63) is 138 Å². The molecule has 1 aliphatic rings. The molecule has 2 N–H and O–H groups in total. The van der Waals surface area contributed by atoms with Gasteiger partial charge in [-0.15, -0.1) is 0 Å². The Morgan fingerprint density at radius 2 is 1.33 bits per heavy atom. The minimum Gasteiger partial charge on any atom is -0.349 e. The predicted molar refractivity (Wildman–Crippen MR) is 167 cm³/mol. The monoisotopic (exact) mass is 572 g/mol. The van der Waals surface area contributed by atoms with Gasteiger partial charge in [0.25, 0.3) is 17.7 Å². The Labute approximate surface area is 250 Å². The van der Waals surface area contributed by atoms with Crippen molar-refractivity contribution in [2.75, 3.05) is 32.2 Å². The number of carbonyl (C=O) groups excluding carboxylic acids is 3. The summed E-state index contributed by atoms with van der Waals surface area (Å²) < 4.78 is 2.64. The van der Waals surface area contributed by atoms with Gasteiger partial charge in [-0.3, -0.25) is 23.8 Å². The molecule has 5 aromatic rings. The summed E-state index contributed by atoms with van der Waals surface area (Å²) in [4.78, 5) is 43.1. The van der Waals surface area contributed by atoms with Crippen LogP contribution in [0.1, 0.15) is 26.3 Å². The van der Waals surface area contributed by atoms with Crippen molar-refractivity contribution < 1.29 is 18.9 Å². The minimum absolute atomic E-state index is 0.110. The van der Waals surface area contributed by atoms with Crippen LogP contribution in [0, 0.1) is 0 Å². The van der Waals surface area contributed by atoms with Gasteiger partial charge in [0.05, 0.1) is 31.8 Å². The molecule has 0 radical (unpaired) electrons. The van der Waals surface area contributed by atoms with Gasteiger partial charge < -0.3 is 15.2 Å². The molecule has 8 heteroatoms. The summed E-state index contributed by atoms with van der Waals surface area (Å²) in [5.41, 5.74) is 1.86. The van der Waals surface area contributed by atoms with Gasteiger partial charge in [-0.2, -0.15) is 0 Å². The second-order valence-corrected chi connectivity index (χ2v) is 11.6. The zero-order valence-electron chi connectivity index (χ0n) is 24.2. The van der Waals surface area contributed by atoms with Gasteiger partial charge in [-0.1, -0.05) is 72.8 Å². The first-order chi connectivity index (χ1) is 20.8. The van der Waals surface area contributed by atoms with Crippen LogP contribution in [0.4, 0.5) is 5.69 Å².